The maximum absolute atomic E-state index is 11.8. The number of esters is 2. The molecule has 0 saturated carbocycles. The van der Waals surface area contributed by atoms with Crippen LogP contribution in [0.2, 0.25) is 0 Å². The van der Waals surface area contributed by atoms with Crippen molar-refractivity contribution in [3.05, 3.63) is 60.3 Å². The molecule has 3 rings (SSSR count). The van der Waals surface area contributed by atoms with Crippen LogP contribution in [0.1, 0.15) is 0 Å². The van der Waals surface area contributed by atoms with Crippen LogP contribution < -0.4 is 5.32 Å². The van der Waals surface area contributed by atoms with Gasteiger partial charge >= 0.3 is 11.9 Å². The first-order valence-electron chi connectivity index (χ1n) is 7.68. The van der Waals surface area contributed by atoms with E-state index in [9.17, 15) is 9.59 Å². The van der Waals surface area contributed by atoms with Gasteiger partial charge in [0.15, 0.2) is 0 Å². The largest absolute Gasteiger partial charge is 0.466 e. The molecule has 2 aromatic carbocycles. The number of nitrogens with one attached hydrogen (secondary N) is 1. The molecule has 3 aromatic rings. The molecule has 0 aliphatic rings. The topological polar surface area (TPSA) is 95.3 Å². The van der Waals surface area contributed by atoms with Gasteiger partial charge in [-0.1, -0.05) is 17.3 Å². The molecule has 0 bridgehead atoms. The molecule has 0 amide bonds. The predicted octanol–water partition coefficient (Wildman–Crippen LogP) is 2.06. The molecular formula is C18H16N4O4. The van der Waals surface area contributed by atoms with Crippen molar-refractivity contribution in [3.8, 4) is 5.69 Å². The Morgan fingerprint density at radius 3 is 2.46 bits per heavy atom. The van der Waals surface area contributed by atoms with Gasteiger partial charge in [0, 0.05) is 5.69 Å². The van der Waals surface area contributed by atoms with Crippen molar-refractivity contribution < 1.29 is 19.1 Å². The number of para-hydroxylation sites is 1. The molecule has 132 valence electrons. The minimum Gasteiger partial charge on any atom is -0.466 e. The zero-order valence-electron chi connectivity index (χ0n) is 14.2. The van der Waals surface area contributed by atoms with Gasteiger partial charge in [-0.05, 0) is 36.4 Å². The molecule has 0 atom stereocenters. The molecule has 0 radical (unpaired) electrons. The van der Waals surface area contributed by atoms with E-state index in [4.69, 9.17) is 0 Å². The van der Waals surface area contributed by atoms with Crippen LogP contribution in [0.15, 0.2) is 60.3 Å². The summed E-state index contributed by atoms with van der Waals surface area (Å²) in [4.78, 5) is 23.2. The smallest absolute Gasteiger partial charge is 0.354 e. The van der Waals surface area contributed by atoms with Gasteiger partial charge in [0.1, 0.15) is 11.2 Å². The van der Waals surface area contributed by atoms with Gasteiger partial charge in [0.2, 0.25) is 0 Å². The lowest BCUT2D eigenvalue weighted by atomic mass is 10.2. The maximum Gasteiger partial charge on any atom is 0.354 e. The standard InChI is InChI=1S/C18H16N4O4/c1-25-17(23)11-15(18(24)26-2)19-12-7-9-13(10-8-12)22-16-6-4-3-5-14(16)20-21-22/h3-11,19H,1-2H3/b15-11+. The van der Waals surface area contributed by atoms with Crippen molar-refractivity contribution in [1.29, 1.82) is 0 Å². The number of hydrogen-bond acceptors (Lipinski definition) is 7. The van der Waals surface area contributed by atoms with E-state index in [2.05, 4.69) is 25.1 Å². The fraction of sp³-hybridized carbons (Fsp3) is 0.111. The van der Waals surface area contributed by atoms with Crippen molar-refractivity contribution in [2.45, 2.75) is 0 Å². The molecule has 1 N–H and O–H groups in total. The number of nitrogens with zero attached hydrogens (tertiary/aromatic N) is 3. The Kier molecular flexibility index (Phi) is 4.93. The number of fused-ring (bicyclic) bond motifs is 1. The third kappa shape index (κ3) is 3.54. The molecule has 8 nitrogen and oxygen atoms in total. The zero-order valence-corrected chi connectivity index (χ0v) is 14.2. The summed E-state index contributed by atoms with van der Waals surface area (Å²) >= 11 is 0. The lowest BCUT2D eigenvalue weighted by Gasteiger charge is -2.10. The molecule has 0 fully saturated rings. The van der Waals surface area contributed by atoms with Crippen molar-refractivity contribution in [1.82, 2.24) is 15.0 Å². The number of carbonyl (C=O) groups is 2. The minimum absolute atomic E-state index is 0.0293. The summed E-state index contributed by atoms with van der Waals surface area (Å²) in [5.41, 5.74) is 3.05. The van der Waals surface area contributed by atoms with Crippen LogP contribution in [-0.4, -0.2) is 41.2 Å². The van der Waals surface area contributed by atoms with Gasteiger partial charge in [0.25, 0.3) is 0 Å². The third-order valence-corrected chi connectivity index (χ3v) is 3.61. The molecule has 0 aliphatic carbocycles. The average Bonchev–Trinajstić information content (AvgIpc) is 3.11. The highest BCUT2D eigenvalue weighted by atomic mass is 16.5. The van der Waals surface area contributed by atoms with Gasteiger partial charge in [-0.2, -0.15) is 0 Å². The van der Waals surface area contributed by atoms with Crippen LogP contribution in [0, 0.1) is 0 Å². The Labute approximate surface area is 149 Å². The lowest BCUT2D eigenvalue weighted by molar-refractivity contribution is -0.138. The molecule has 0 aliphatic heterocycles. The second-order valence-corrected chi connectivity index (χ2v) is 5.23. The first-order valence-corrected chi connectivity index (χ1v) is 7.68. The molecule has 26 heavy (non-hydrogen) atoms. The fourth-order valence-electron chi connectivity index (χ4n) is 2.33. The summed E-state index contributed by atoms with van der Waals surface area (Å²) in [6, 6.07) is 14.8. The van der Waals surface area contributed by atoms with Gasteiger partial charge in [-0.3, -0.25) is 0 Å². The summed E-state index contributed by atoms with van der Waals surface area (Å²) in [6.45, 7) is 0. The molecule has 1 aromatic heterocycles. The Bertz CT molecular complexity index is 976. The third-order valence-electron chi connectivity index (χ3n) is 3.61. The average molecular weight is 352 g/mol. The first-order chi connectivity index (χ1) is 12.6. The maximum atomic E-state index is 11.8. The Balaban J connectivity index is 1.86. The van der Waals surface area contributed by atoms with Gasteiger partial charge in [-0.15, -0.1) is 5.10 Å². The quantitative estimate of drug-likeness (QED) is 0.555. The number of anilines is 1. The van der Waals surface area contributed by atoms with Crippen LogP contribution in [0.25, 0.3) is 16.7 Å². The number of aromatic nitrogens is 3. The molecule has 0 unspecified atom stereocenters. The molecule has 8 heteroatoms. The van der Waals surface area contributed by atoms with Crippen LogP contribution in [0.5, 0.6) is 0 Å². The number of ether oxygens (including phenoxy) is 2. The summed E-state index contributed by atoms with van der Waals surface area (Å²) in [5.74, 6) is -1.34. The van der Waals surface area contributed by atoms with Crippen molar-refractivity contribution >= 4 is 28.7 Å². The Morgan fingerprint density at radius 2 is 1.77 bits per heavy atom. The lowest BCUT2D eigenvalue weighted by Crippen LogP contribution is -2.15. The number of benzene rings is 2. The zero-order chi connectivity index (χ0) is 18.5. The van der Waals surface area contributed by atoms with E-state index < -0.39 is 11.9 Å². The van der Waals surface area contributed by atoms with Crippen LogP contribution >= 0.6 is 0 Å². The van der Waals surface area contributed by atoms with E-state index in [1.807, 2.05) is 36.4 Å². The monoisotopic (exact) mass is 352 g/mol. The molecule has 0 saturated heterocycles. The Morgan fingerprint density at radius 1 is 1.04 bits per heavy atom. The van der Waals surface area contributed by atoms with E-state index in [0.29, 0.717) is 5.69 Å². The van der Waals surface area contributed by atoms with Gasteiger partial charge in [-0.25, -0.2) is 14.3 Å². The summed E-state index contributed by atoms with van der Waals surface area (Å²) in [7, 11) is 2.46. The first kappa shape index (κ1) is 17.2. The van der Waals surface area contributed by atoms with Crippen molar-refractivity contribution in [3.63, 3.8) is 0 Å². The van der Waals surface area contributed by atoms with E-state index in [1.165, 1.54) is 14.2 Å². The molecule has 0 spiro atoms. The summed E-state index contributed by atoms with van der Waals surface area (Å²) in [6.07, 6.45) is 1.03. The number of hydrogen-bond donors (Lipinski definition) is 1. The highest BCUT2D eigenvalue weighted by Gasteiger charge is 2.13. The number of rotatable bonds is 5. The van der Waals surface area contributed by atoms with Crippen LogP contribution in [0.4, 0.5) is 5.69 Å². The number of carbonyl (C=O) groups excluding carboxylic acids is 2. The highest BCUT2D eigenvalue weighted by molar-refractivity contribution is 5.98. The predicted molar refractivity (Wildman–Crippen MR) is 94.6 cm³/mol. The summed E-state index contributed by atoms with van der Waals surface area (Å²) < 4.78 is 10.9. The van der Waals surface area contributed by atoms with E-state index >= 15 is 0 Å². The van der Waals surface area contributed by atoms with Gasteiger partial charge < -0.3 is 14.8 Å². The second kappa shape index (κ2) is 7.47. The van der Waals surface area contributed by atoms with Crippen molar-refractivity contribution in [2.75, 3.05) is 19.5 Å². The van der Waals surface area contributed by atoms with E-state index in [0.717, 1.165) is 22.8 Å². The molecule has 1 heterocycles. The normalized spacial score (nSPS) is 11.2. The van der Waals surface area contributed by atoms with E-state index in [1.54, 1.807) is 16.8 Å². The van der Waals surface area contributed by atoms with E-state index in [-0.39, 0.29) is 5.70 Å². The highest BCUT2D eigenvalue weighted by Crippen LogP contribution is 2.19. The number of methoxy groups -OCH3 is 2. The Hall–Kier alpha value is -3.68. The fourth-order valence-corrected chi connectivity index (χ4v) is 2.33. The SMILES string of the molecule is COC(=O)/C=C(/Nc1ccc(-n2nnc3ccccc32)cc1)C(=O)OC. The second-order valence-electron chi connectivity index (χ2n) is 5.23. The van der Waals surface area contributed by atoms with Crippen molar-refractivity contribution in [2.24, 2.45) is 0 Å². The summed E-state index contributed by atoms with van der Waals surface area (Å²) in [5, 5.41) is 11.1. The van der Waals surface area contributed by atoms with Crippen LogP contribution in [-0.2, 0) is 19.1 Å². The minimum atomic E-state index is -0.679. The van der Waals surface area contributed by atoms with Gasteiger partial charge in [0.05, 0.1) is 31.5 Å². The van der Waals surface area contributed by atoms with Crippen LogP contribution in [0.3, 0.4) is 0 Å². The molecular weight excluding hydrogens is 336 g/mol.